The molecule has 2 aliphatic heterocycles. The topological polar surface area (TPSA) is 78.9 Å². The summed E-state index contributed by atoms with van der Waals surface area (Å²) in [4.78, 5) is 24.6. The summed E-state index contributed by atoms with van der Waals surface area (Å²) in [5.41, 5.74) is 0. The number of urea groups is 1. The Kier molecular flexibility index (Phi) is 4.63. The third kappa shape index (κ3) is 3.59. The lowest BCUT2D eigenvalue weighted by atomic mass is 9.99. The van der Waals surface area contributed by atoms with Gasteiger partial charge in [0, 0.05) is 26.2 Å². The van der Waals surface area contributed by atoms with E-state index in [-0.39, 0.29) is 11.9 Å². The summed E-state index contributed by atoms with van der Waals surface area (Å²) in [6.45, 7) is 4.83. The number of hydrogen-bond donors (Lipinski definition) is 2. The Morgan fingerprint density at radius 2 is 2.21 bits per heavy atom. The molecule has 19 heavy (non-hydrogen) atoms. The van der Waals surface area contributed by atoms with E-state index in [4.69, 9.17) is 9.84 Å². The van der Waals surface area contributed by atoms with Gasteiger partial charge in [0.25, 0.3) is 0 Å². The van der Waals surface area contributed by atoms with Crippen LogP contribution in [0.1, 0.15) is 19.8 Å². The van der Waals surface area contributed by atoms with Gasteiger partial charge in [0.15, 0.2) is 0 Å². The maximum Gasteiger partial charge on any atom is 0.317 e. The first-order valence-electron chi connectivity index (χ1n) is 6.91. The summed E-state index contributed by atoms with van der Waals surface area (Å²) < 4.78 is 5.36. The van der Waals surface area contributed by atoms with Gasteiger partial charge in [0.2, 0.25) is 0 Å². The normalized spacial score (nSPS) is 31.2. The lowest BCUT2D eigenvalue weighted by Crippen LogP contribution is -2.42. The number of ether oxygens (including phenoxy) is 1. The smallest absolute Gasteiger partial charge is 0.317 e. The molecule has 0 aliphatic carbocycles. The van der Waals surface area contributed by atoms with Crippen molar-refractivity contribution in [2.45, 2.75) is 19.8 Å². The summed E-state index contributed by atoms with van der Waals surface area (Å²) in [6, 6.07) is -0.152. The van der Waals surface area contributed by atoms with Crippen molar-refractivity contribution in [3.05, 3.63) is 0 Å². The highest BCUT2D eigenvalue weighted by atomic mass is 16.5. The van der Waals surface area contributed by atoms with E-state index in [2.05, 4.69) is 5.32 Å². The van der Waals surface area contributed by atoms with E-state index in [9.17, 15) is 9.59 Å². The molecule has 2 saturated heterocycles. The molecule has 0 spiro atoms. The number of nitrogens with one attached hydrogen (secondary N) is 1. The number of aliphatic carboxylic acids is 1. The highest BCUT2D eigenvalue weighted by Gasteiger charge is 2.36. The molecule has 0 aromatic rings. The highest BCUT2D eigenvalue weighted by Crippen LogP contribution is 2.23. The van der Waals surface area contributed by atoms with Crippen molar-refractivity contribution < 1.29 is 19.4 Å². The Labute approximate surface area is 113 Å². The number of amides is 2. The van der Waals surface area contributed by atoms with Gasteiger partial charge in [0.1, 0.15) is 0 Å². The van der Waals surface area contributed by atoms with E-state index in [1.54, 1.807) is 4.90 Å². The predicted molar refractivity (Wildman–Crippen MR) is 68.8 cm³/mol. The molecule has 108 valence electrons. The lowest BCUT2D eigenvalue weighted by molar-refractivity contribution is -0.142. The standard InChI is InChI=1S/C13H22N2O4/c1-9-6-15(7-11(9)12(16)17)13(18)14-5-10-3-2-4-19-8-10/h9-11H,2-8H2,1H3,(H,14,18)(H,16,17). The maximum absolute atomic E-state index is 12.0. The minimum absolute atomic E-state index is 0.0151. The van der Waals surface area contributed by atoms with Gasteiger partial charge in [-0.15, -0.1) is 0 Å². The third-order valence-electron chi connectivity index (χ3n) is 4.01. The minimum Gasteiger partial charge on any atom is -0.481 e. The molecule has 0 saturated carbocycles. The fourth-order valence-electron chi connectivity index (χ4n) is 2.77. The molecule has 0 aromatic heterocycles. The average Bonchev–Trinajstić information content (AvgIpc) is 2.79. The predicted octanol–water partition coefficient (Wildman–Crippen LogP) is 0.775. The van der Waals surface area contributed by atoms with Crippen molar-refractivity contribution in [3.8, 4) is 0 Å². The molecular weight excluding hydrogens is 248 g/mol. The van der Waals surface area contributed by atoms with Crippen LogP contribution in [0.5, 0.6) is 0 Å². The van der Waals surface area contributed by atoms with Crippen molar-refractivity contribution in [3.63, 3.8) is 0 Å². The van der Waals surface area contributed by atoms with Gasteiger partial charge in [-0.05, 0) is 24.7 Å². The molecule has 2 N–H and O–H groups in total. The first-order valence-corrected chi connectivity index (χ1v) is 6.91. The summed E-state index contributed by atoms with van der Waals surface area (Å²) in [6.07, 6.45) is 2.12. The number of carboxylic acids is 1. The fraction of sp³-hybridized carbons (Fsp3) is 0.846. The van der Waals surface area contributed by atoms with Gasteiger partial charge in [-0.25, -0.2) is 4.79 Å². The Bertz CT molecular complexity index is 342. The van der Waals surface area contributed by atoms with Crippen molar-refractivity contribution in [1.82, 2.24) is 10.2 Å². The largest absolute Gasteiger partial charge is 0.481 e. The summed E-state index contributed by atoms with van der Waals surface area (Å²) >= 11 is 0. The van der Waals surface area contributed by atoms with Gasteiger partial charge in [-0.1, -0.05) is 6.92 Å². The second kappa shape index (κ2) is 6.23. The Morgan fingerprint density at radius 1 is 1.42 bits per heavy atom. The average molecular weight is 270 g/mol. The van der Waals surface area contributed by atoms with Crippen LogP contribution in [0.2, 0.25) is 0 Å². The first-order chi connectivity index (χ1) is 9.08. The van der Waals surface area contributed by atoms with Crippen LogP contribution >= 0.6 is 0 Å². The van der Waals surface area contributed by atoms with Crippen LogP contribution < -0.4 is 5.32 Å². The summed E-state index contributed by atoms with van der Waals surface area (Å²) in [5.74, 6) is -0.860. The number of carboxylic acid groups (broad SMARTS) is 1. The van der Waals surface area contributed by atoms with Crippen LogP contribution in [0.25, 0.3) is 0 Å². The van der Waals surface area contributed by atoms with E-state index in [1.807, 2.05) is 6.92 Å². The molecule has 2 rings (SSSR count). The van der Waals surface area contributed by atoms with E-state index in [0.717, 1.165) is 19.4 Å². The van der Waals surface area contributed by atoms with Crippen LogP contribution in [-0.2, 0) is 9.53 Å². The van der Waals surface area contributed by atoms with Crippen molar-refractivity contribution in [2.75, 3.05) is 32.8 Å². The molecule has 2 amide bonds. The summed E-state index contributed by atoms with van der Waals surface area (Å²) in [7, 11) is 0. The molecule has 2 heterocycles. The van der Waals surface area contributed by atoms with Crippen LogP contribution in [0.4, 0.5) is 4.79 Å². The maximum atomic E-state index is 12.0. The number of carbonyl (C=O) groups excluding carboxylic acids is 1. The highest BCUT2D eigenvalue weighted by molar-refractivity contribution is 5.77. The molecule has 2 aliphatic rings. The molecule has 0 aromatic carbocycles. The Hall–Kier alpha value is -1.30. The number of hydrogen-bond acceptors (Lipinski definition) is 3. The van der Waals surface area contributed by atoms with Crippen molar-refractivity contribution in [1.29, 1.82) is 0 Å². The molecule has 6 heteroatoms. The van der Waals surface area contributed by atoms with E-state index < -0.39 is 11.9 Å². The van der Waals surface area contributed by atoms with E-state index in [0.29, 0.717) is 32.2 Å². The summed E-state index contributed by atoms with van der Waals surface area (Å²) in [5, 5.41) is 11.9. The van der Waals surface area contributed by atoms with Crippen molar-refractivity contribution in [2.24, 2.45) is 17.8 Å². The second-order valence-corrected chi connectivity index (χ2v) is 5.60. The second-order valence-electron chi connectivity index (χ2n) is 5.60. The zero-order valence-electron chi connectivity index (χ0n) is 11.3. The third-order valence-corrected chi connectivity index (χ3v) is 4.01. The molecule has 3 unspecified atom stereocenters. The first kappa shape index (κ1) is 14.1. The minimum atomic E-state index is -0.816. The molecule has 0 bridgehead atoms. The molecule has 6 nitrogen and oxygen atoms in total. The zero-order chi connectivity index (χ0) is 13.8. The van der Waals surface area contributed by atoms with E-state index >= 15 is 0 Å². The monoisotopic (exact) mass is 270 g/mol. The lowest BCUT2D eigenvalue weighted by Gasteiger charge is -2.24. The number of nitrogens with zero attached hydrogens (tertiary/aromatic N) is 1. The fourth-order valence-corrected chi connectivity index (χ4v) is 2.77. The van der Waals surface area contributed by atoms with Gasteiger partial charge < -0.3 is 20.1 Å². The van der Waals surface area contributed by atoms with Crippen LogP contribution in [0.15, 0.2) is 0 Å². The van der Waals surface area contributed by atoms with Gasteiger partial charge in [-0.3, -0.25) is 4.79 Å². The van der Waals surface area contributed by atoms with Gasteiger partial charge in [-0.2, -0.15) is 0 Å². The SMILES string of the molecule is CC1CN(C(=O)NCC2CCCOC2)CC1C(=O)O. The number of likely N-dealkylation sites (tertiary alicyclic amines) is 1. The van der Waals surface area contributed by atoms with Crippen LogP contribution in [0.3, 0.4) is 0 Å². The van der Waals surface area contributed by atoms with Crippen LogP contribution in [0, 0.1) is 17.8 Å². The molecule has 3 atom stereocenters. The molecule has 2 fully saturated rings. The van der Waals surface area contributed by atoms with Crippen LogP contribution in [-0.4, -0.2) is 54.9 Å². The van der Waals surface area contributed by atoms with Gasteiger partial charge in [0.05, 0.1) is 12.5 Å². The molecular formula is C13H22N2O4. The number of rotatable bonds is 3. The Morgan fingerprint density at radius 3 is 2.79 bits per heavy atom. The van der Waals surface area contributed by atoms with Crippen molar-refractivity contribution >= 4 is 12.0 Å². The zero-order valence-corrected chi connectivity index (χ0v) is 11.3. The molecule has 0 radical (unpaired) electrons. The quantitative estimate of drug-likeness (QED) is 0.794. The van der Waals surface area contributed by atoms with Gasteiger partial charge >= 0.3 is 12.0 Å². The van der Waals surface area contributed by atoms with E-state index in [1.165, 1.54) is 0 Å². The number of carbonyl (C=O) groups is 2. The Balaban J connectivity index is 1.76.